The van der Waals surface area contributed by atoms with E-state index in [1.807, 2.05) is 23.1 Å². The van der Waals surface area contributed by atoms with Crippen molar-refractivity contribution in [1.82, 2.24) is 0 Å². The van der Waals surface area contributed by atoms with Crippen LogP contribution in [0.2, 0.25) is 0 Å². The molecule has 2 aromatic carbocycles. The van der Waals surface area contributed by atoms with E-state index >= 15 is 0 Å². The summed E-state index contributed by atoms with van der Waals surface area (Å²) < 4.78 is 27.0. The SMILES string of the molecule is Fc1ccc(F)c(N2CCN(c3ccccc3)CC2)c1. The first kappa shape index (κ1) is 12.9. The summed E-state index contributed by atoms with van der Waals surface area (Å²) in [6.45, 7) is 2.99. The average molecular weight is 274 g/mol. The highest BCUT2D eigenvalue weighted by Gasteiger charge is 2.19. The van der Waals surface area contributed by atoms with Crippen molar-refractivity contribution in [2.24, 2.45) is 0 Å². The molecule has 20 heavy (non-hydrogen) atoms. The lowest BCUT2D eigenvalue weighted by molar-refractivity contribution is 0.580. The number of halogens is 2. The third-order valence-corrected chi connectivity index (χ3v) is 3.65. The van der Waals surface area contributed by atoms with Gasteiger partial charge in [-0.05, 0) is 24.3 Å². The molecule has 0 spiro atoms. The summed E-state index contributed by atoms with van der Waals surface area (Å²) >= 11 is 0. The molecule has 0 saturated carbocycles. The fourth-order valence-corrected chi connectivity index (χ4v) is 2.57. The van der Waals surface area contributed by atoms with Gasteiger partial charge in [0.15, 0.2) is 0 Å². The van der Waals surface area contributed by atoms with Crippen LogP contribution in [0, 0.1) is 11.6 Å². The van der Waals surface area contributed by atoms with E-state index in [1.54, 1.807) is 0 Å². The molecule has 0 N–H and O–H groups in total. The summed E-state index contributed by atoms with van der Waals surface area (Å²) in [4.78, 5) is 4.16. The minimum atomic E-state index is -0.396. The van der Waals surface area contributed by atoms with Crippen LogP contribution in [0.3, 0.4) is 0 Å². The second kappa shape index (κ2) is 5.49. The molecule has 0 amide bonds. The second-order valence-corrected chi connectivity index (χ2v) is 4.91. The van der Waals surface area contributed by atoms with Crippen LogP contribution in [0.5, 0.6) is 0 Å². The smallest absolute Gasteiger partial charge is 0.146 e. The summed E-state index contributed by atoms with van der Waals surface area (Å²) in [6.07, 6.45) is 0. The zero-order chi connectivity index (χ0) is 13.9. The first-order chi connectivity index (χ1) is 9.74. The number of nitrogens with zero attached hydrogens (tertiary/aromatic N) is 2. The van der Waals surface area contributed by atoms with Gasteiger partial charge in [0.1, 0.15) is 11.6 Å². The molecule has 0 atom stereocenters. The predicted octanol–water partition coefficient (Wildman–Crippen LogP) is 3.29. The van der Waals surface area contributed by atoms with Gasteiger partial charge in [-0.15, -0.1) is 0 Å². The maximum absolute atomic E-state index is 13.8. The monoisotopic (exact) mass is 274 g/mol. The van der Waals surface area contributed by atoms with Crippen LogP contribution in [0.15, 0.2) is 48.5 Å². The van der Waals surface area contributed by atoms with Gasteiger partial charge in [-0.1, -0.05) is 18.2 Å². The van der Waals surface area contributed by atoms with Crippen LogP contribution >= 0.6 is 0 Å². The van der Waals surface area contributed by atoms with Crippen molar-refractivity contribution in [2.75, 3.05) is 36.0 Å². The van der Waals surface area contributed by atoms with Gasteiger partial charge in [-0.25, -0.2) is 8.78 Å². The Labute approximate surface area is 117 Å². The fraction of sp³-hybridized carbons (Fsp3) is 0.250. The molecule has 1 aliphatic heterocycles. The van der Waals surface area contributed by atoms with Gasteiger partial charge in [0.2, 0.25) is 0 Å². The lowest BCUT2D eigenvalue weighted by atomic mass is 10.2. The largest absolute Gasteiger partial charge is 0.368 e. The molecule has 4 heteroatoms. The van der Waals surface area contributed by atoms with E-state index in [1.165, 1.54) is 17.8 Å². The number of rotatable bonds is 2. The van der Waals surface area contributed by atoms with Crippen LogP contribution in [-0.2, 0) is 0 Å². The van der Waals surface area contributed by atoms with Crippen LogP contribution in [0.1, 0.15) is 0 Å². The Hall–Kier alpha value is -2.10. The van der Waals surface area contributed by atoms with E-state index in [9.17, 15) is 8.78 Å². The van der Waals surface area contributed by atoms with Gasteiger partial charge in [0.05, 0.1) is 5.69 Å². The molecular formula is C16H16F2N2. The van der Waals surface area contributed by atoms with Gasteiger partial charge >= 0.3 is 0 Å². The molecule has 104 valence electrons. The van der Waals surface area contributed by atoms with Gasteiger partial charge in [0.25, 0.3) is 0 Å². The maximum atomic E-state index is 13.8. The maximum Gasteiger partial charge on any atom is 0.146 e. The van der Waals surface area contributed by atoms with E-state index in [0.717, 1.165) is 19.2 Å². The molecule has 0 unspecified atom stereocenters. The first-order valence-corrected chi connectivity index (χ1v) is 6.74. The molecule has 0 radical (unpaired) electrons. The summed E-state index contributed by atoms with van der Waals surface area (Å²) in [7, 11) is 0. The summed E-state index contributed by atoms with van der Waals surface area (Å²) in [5.41, 5.74) is 1.53. The van der Waals surface area contributed by atoms with Crippen molar-refractivity contribution < 1.29 is 8.78 Å². The number of piperazine rings is 1. The third-order valence-electron chi connectivity index (χ3n) is 3.65. The number of anilines is 2. The molecule has 0 aliphatic carbocycles. The molecule has 1 saturated heterocycles. The molecule has 1 heterocycles. The summed E-state index contributed by atoms with van der Waals surface area (Å²) in [6, 6.07) is 13.8. The third kappa shape index (κ3) is 2.59. The molecule has 1 fully saturated rings. The van der Waals surface area contributed by atoms with Crippen molar-refractivity contribution in [3.05, 3.63) is 60.2 Å². The minimum Gasteiger partial charge on any atom is -0.368 e. The number of hydrogen-bond acceptors (Lipinski definition) is 2. The van der Waals surface area contributed by atoms with Gasteiger partial charge in [0, 0.05) is 37.9 Å². The number of benzene rings is 2. The molecule has 0 bridgehead atoms. The van der Waals surface area contributed by atoms with Crippen LogP contribution < -0.4 is 9.80 Å². The molecule has 1 aliphatic rings. The Balaban J connectivity index is 1.71. The first-order valence-electron chi connectivity index (χ1n) is 6.74. The second-order valence-electron chi connectivity index (χ2n) is 4.91. The van der Waals surface area contributed by atoms with E-state index in [0.29, 0.717) is 18.8 Å². The van der Waals surface area contributed by atoms with Gasteiger partial charge in [-0.3, -0.25) is 0 Å². The van der Waals surface area contributed by atoms with Gasteiger partial charge in [-0.2, -0.15) is 0 Å². The van der Waals surface area contributed by atoms with Crippen molar-refractivity contribution in [2.45, 2.75) is 0 Å². The minimum absolute atomic E-state index is 0.359. The Morgan fingerprint density at radius 3 is 2.10 bits per heavy atom. The molecule has 2 aromatic rings. The number of hydrogen-bond donors (Lipinski definition) is 0. The zero-order valence-corrected chi connectivity index (χ0v) is 11.1. The van der Waals surface area contributed by atoms with E-state index in [4.69, 9.17) is 0 Å². The quantitative estimate of drug-likeness (QED) is 0.829. The van der Waals surface area contributed by atoms with Crippen LogP contribution in [0.4, 0.5) is 20.2 Å². The topological polar surface area (TPSA) is 6.48 Å². The Bertz CT molecular complexity index is 578. The van der Waals surface area contributed by atoms with Crippen molar-refractivity contribution >= 4 is 11.4 Å². The Morgan fingerprint density at radius 2 is 1.40 bits per heavy atom. The van der Waals surface area contributed by atoms with Crippen LogP contribution in [0.25, 0.3) is 0 Å². The molecule has 0 aromatic heterocycles. The normalized spacial score (nSPS) is 15.5. The van der Waals surface area contributed by atoms with Crippen molar-refractivity contribution in [3.8, 4) is 0 Å². The lowest BCUT2D eigenvalue weighted by Gasteiger charge is -2.37. The fourth-order valence-electron chi connectivity index (χ4n) is 2.57. The summed E-state index contributed by atoms with van der Waals surface area (Å²) in [5, 5.41) is 0. The van der Waals surface area contributed by atoms with Crippen molar-refractivity contribution in [3.63, 3.8) is 0 Å². The van der Waals surface area contributed by atoms with E-state index in [2.05, 4.69) is 17.0 Å². The Kier molecular flexibility index (Phi) is 3.54. The highest BCUT2D eigenvalue weighted by molar-refractivity contribution is 5.52. The van der Waals surface area contributed by atoms with E-state index in [-0.39, 0.29) is 5.82 Å². The lowest BCUT2D eigenvalue weighted by Crippen LogP contribution is -2.46. The molecule has 2 nitrogen and oxygen atoms in total. The van der Waals surface area contributed by atoms with Crippen LogP contribution in [-0.4, -0.2) is 26.2 Å². The van der Waals surface area contributed by atoms with Crippen molar-refractivity contribution in [1.29, 1.82) is 0 Å². The predicted molar refractivity (Wildman–Crippen MR) is 77.2 cm³/mol. The molecular weight excluding hydrogens is 258 g/mol. The average Bonchev–Trinajstić information content (AvgIpc) is 2.51. The van der Waals surface area contributed by atoms with Gasteiger partial charge < -0.3 is 9.80 Å². The Morgan fingerprint density at radius 1 is 0.750 bits per heavy atom. The highest BCUT2D eigenvalue weighted by Crippen LogP contribution is 2.23. The molecule has 3 rings (SSSR count). The summed E-state index contributed by atoms with van der Waals surface area (Å²) in [5.74, 6) is -0.758. The highest BCUT2D eigenvalue weighted by atomic mass is 19.1. The number of para-hydroxylation sites is 1. The van der Waals surface area contributed by atoms with E-state index < -0.39 is 5.82 Å². The zero-order valence-electron chi connectivity index (χ0n) is 11.1. The standard InChI is InChI=1S/C16H16F2N2/c17-13-6-7-15(18)16(12-13)20-10-8-19(9-11-20)14-4-2-1-3-5-14/h1-7,12H,8-11H2.